The van der Waals surface area contributed by atoms with Crippen LogP contribution in [0.3, 0.4) is 0 Å². The summed E-state index contributed by atoms with van der Waals surface area (Å²) in [6.45, 7) is 0.490. The number of nitrogens with zero attached hydrogens (tertiary/aromatic N) is 1. The summed E-state index contributed by atoms with van der Waals surface area (Å²) in [7, 11) is -1.35. The van der Waals surface area contributed by atoms with E-state index in [4.69, 9.17) is 11.5 Å². The monoisotopic (exact) mass is 306 g/mol. The van der Waals surface area contributed by atoms with Gasteiger partial charge in [-0.2, -0.15) is 9.39 Å². The number of halogens is 1. The molecular formula is C15H19FN4S. The molecule has 5 N–H and O–H groups in total. The van der Waals surface area contributed by atoms with Gasteiger partial charge in [0.05, 0.1) is 5.69 Å². The second kappa shape index (κ2) is 5.75. The van der Waals surface area contributed by atoms with Crippen LogP contribution in [0.15, 0.2) is 30.5 Å². The number of nitrogens with one attached hydrogen (secondary N) is 1. The first-order valence-electron chi connectivity index (χ1n) is 6.25. The van der Waals surface area contributed by atoms with Gasteiger partial charge in [-0.15, -0.1) is 0 Å². The van der Waals surface area contributed by atoms with Crippen LogP contribution in [0.5, 0.6) is 0 Å². The van der Waals surface area contributed by atoms with Gasteiger partial charge in [-0.1, -0.05) is 11.7 Å². The SMILES string of the molecule is C=S(=C)(C)NCc1cc(F)cc(-c2ccnc(N)c2N)c1. The molecule has 1 aromatic carbocycles. The zero-order valence-corrected chi connectivity index (χ0v) is 12.7. The lowest BCUT2D eigenvalue weighted by molar-refractivity contribution is 0.625. The molecule has 2 rings (SSSR count). The number of hydrogen-bond donors (Lipinski definition) is 3. The summed E-state index contributed by atoms with van der Waals surface area (Å²) in [5.41, 5.74) is 14.1. The van der Waals surface area contributed by atoms with E-state index < -0.39 is 9.39 Å². The van der Waals surface area contributed by atoms with Gasteiger partial charge in [0.25, 0.3) is 0 Å². The van der Waals surface area contributed by atoms with Crippen LogP contribution in [-0.4, -0.2) is 23.0 Å². The van der Waals surface area contributed by atoms with Crippen molar-refractivity contribution >= 4 is 32.6 Å². The van der Waals surface area contributed by atoms with Crippen molar-refractivity contribution in [3.8, 4) is 11.1 Å². The van der Waals surface area contributed by atoms with Crippen molar-refractivity contribution in [2.75, 3.05) is 17.7 Å². The molecule has 0 bridgehead atoms. The molecule has 1 aromatic heterocycles. The quantitative estimate of drug-likeness (QED) is 0.758. The Labute approximate surface area is 124 Å². The van der Waals surface area contributed by atoms with E-state index in [1.54, 1.807) is 12.3 Å². The van der Waals surface area contributed by atoms with E-state index in [1.807, 2.05) is 12.3 Å². The van der Waals surface area contributed by atoms with Crippen molar-refractivity contribution in [1.29, 1.82) is 0 Å². The highest BCUT2D eigenvalue weighted by molar-refractivity contribution is 8.25. The number of pyridine rings is 1. The largest absolute Gasteiger partial charge is 0.395 e. The third kappa shape index (κ3) is 3.96. The third-order valence-corrected chi connectivity index (χ3v) is 3.76. The Bertz CT molecular complexity index is 769. The lowest BCUT2D eigenvalue weighted by Crippen LogP contribution is -2.08. The number of nitrogen functional groups attached to an aromatic ring is 2. The predicted molar refractivity (Wildman–Crippen MR) is 93.1 cm³/mol. The molecule has 0 radical (unpaired) electrons. The number of nitrogens with two attached hydrogens (primary N) is 2. The normalized spacial score (nSPS) is 11.5. The maximum atomic E-state index is 13.8. The molecule has 0 atom stereocenters. The molecule has 0 amide bonds. The number of rotatable bonds is 4. The van der Waals surface area contributed by atoms with E-state index in [1.165, 1.54) is 12.1 Å². The minimum absolute atomic E-state index is 0.240. The minimum Gasteiger partial charge on any atom is -0.395 e. The smallest absolute Gasteiger partial charge is 0.147 e. The summed E-state index contributed by atoms with van der Waals surface area (Å²) in [5.74, 6) is 7.78. The molecule has 0 fully saturated rings. The average molecular weight is 306 g/mol. The molecule has 21 heavy (non-hydrogen) atoms. The van der Waals surface area contributed by atoms with E-state index >= 15 is 0 Å². The van der Waals surface area contributed by atoms with Gasteiger partial charge in [-0.05, 0) is 41.6 Å². The lowest BCUT2D eigenvalue weighted by atomic mass is 10.0. The van der Waals surface area contributed by atoms with E-state index in [9.17, 15) is 4.39 Å². The maximum Gasteiger partial charge on any atom is 0.147 e. The van der Waals surface area contributed by atoms with Gasteiger partial charge >= 0.3 is 0 Å². The Hall–Kier alpha value is -2.05. The summed E-state index contributed by atoms with van der Waals surface area (Å²) in [6.07, 6.45) is 3.48. The van der Waals surface area contributed by atoms with Crippen molar-refractivity contribution in [3.63, 3.8) is 0 Å². The summed E-state index contributed by atoms with van der Waals surface area (Å²) in [4.78, 5) is 3.91. The molecule has 0 unspecified atom stereocenters. The van der Waals surface area contributed by atoms with Crippen LogP contribution in [0.25, 0.3) is 11.1 Å². The molecule has 0 aliphatic carbocycles. The van der Waals surface area contributed by atoms with E-state index in [2.05, 4.69) is 21.4 Å². The number of aromatic nitrogens is 1. The van der Waals surface area contributed by atoms with Gasteiger partial charge in [0, 0.05) is 18.3 Å². The molecule has 0 aliphatic rings. The molecule has 1 heterocycles. The molecule has 0 saturated heterocycles. The van der Waals surface area contributed by atoms with E-state index in [0.29, 0.717) is 23.4 Å². The van der Waals surface area contributed by atoms with Crippen LogP contribution < -0.4 is 16.2 Å². The number of anilines is 2. The molecule has 2 aromatic rings. The molecule has 0 spiro atoms. The van der Waals surface area contributed by atoms with E-state index in [0.717, 1.165) is 5.56 Å². The Morgan fingerprint density at radius 3 is 2.67 bits per heavy atom. The van der Waals surface area contributed by atoms with Gasteiger partial charge in [0.1, 0.15) is 11.6 Å². The van der Waals surface area contributed by atoms with Crippen molar-refractivity contribution in [1.82, 2.24) is 9.71 Å². The van der Waals surface area contributed by atoms with Crippen LogP contribution in [0.1, 0.15) is 5.56 Å². The molecular weight excluding hydrogens is 287 g/mol. The van der Waals surface area contributed by atoms with Crippen molar-refractivity contribution < 1.29 is 4.39 Å². The summed E-state index contributed by atoms with van der Waals surface area (Å²) in [6, 6.07) is 6.49. The van der Waals surface area contributed by atoms with Gasteiger partial charge in [-0.25, -0.2) is 9.37 Å². The highest BCUT2D eigenvalue weighted by Crippen LogP contribution is 2.30. The van der Waals surface area contributed by atoms with Gasteiger partial charge < -0.3 is 11.5 Å². The molecule has 112 valence electrons. The fraction of sp³-hybridized carbons (Fsp3) is 0.133. The van der Waals surface area contributed by atoms with Gasteiger partial charge in [0.2, 0.25) is 0 Å². The first-order chi connectivity index (χ1) is 9.76. The van der Waals surface area contributed by atoms with Crippen LogP contribution in [0, 0.1) is 5.82 Å². The van der Waals surface area contributed by atoms with Crippen LogP contribution in [0.4, 0.5) is 15.9 Å². The van der Waals surface area contributed by atoms with Crippen LogP contribution in [0.2, 0.25) is 0 Å². The van der Waals surface area contributed by atoms with Crippen molar-refractivity contribution in [2.45, 2.75) is 6.54 Å². The zero-order chi connectivity index (χ0) is 15.6. The van der Waals surface area contributed by atoms with Crippen molar-refractivity contribution in [3.05, 3.63) is 41.8 Å². The van der Waals surface area contributed by atoms with Gasteiger partial charge in [-0.3, -0.25) is 4.72 Å². The highest BCUT2D eigenvalue weighted by Gasteiger charge is 2.09. The molecule has 0 aliphatic heterocycles. The molecule has 6 heteroatoms. The van der Waals surface area contributed by atoms with Crippen molar-refractivity contribution in [2.24, 2.45) is 0 Å². The molecule has 0 saturated carbocycles. The average Bonchev–Trinajstić information content (AvgIpc) is 2.38. The zero-order valence-electron chi connectivity index (χ0n) is 11.9. The fourth-order valence-electron chi connectivity index (χ4n) is 1.91. The number of benzene rings is 1. The minimum atomic E-state index is -1.35. The Morgan fingerprint density at radius 2 is 2.00 bits per heavy atom. The van der Waals surface area contributed by atoms with E-state index in [-0.39, 0.29) is 11.6 Å². The topological polar surface area (TPSA) is 77.0 Å². The number of hydrogen-bond acceptors (Lipinski definition) is 4. The lowest BCUT2D eigenvalue weighted by Gasteiger charge is -2.13. The summed E-state index contributed by atoms with van der Waals surface area (Å²) in [5, 5.41) is 0. The second-order valence-electron chi connectivity index (χ2n) is 5.10. The summed E-state index contributed by atoms with van der Waals surface area (Å²) < 4.78 is 17.0. The standard InChI is InChI=1S/C15H19FN4S/c1-21(2,3)20-9-10-6-11(8-12(16)7-10)13-4-5-19-15(18)14(13)17/h4-8,20H,1-2,9,17H2,3H3,(H2,18,19). The Kier molecular flexibility index (Phi) is 4.20. The Morgan fingerprint density at radius 1 is 1.29 bits per heavy atom. The highest BCUT2D eigenvalue weighted by atomic mass is 32.2. The fourth-order valence-corrected chi connectivity index (χ4v) is 2.42. The Balaban J connectivity index is 2.41. The first kappa shape index (κ1) is 15.3. The third-order valence-electron chi connectivity index (χ3n) is 2.91. The molecule has 4 nitrogen and oxygen atoms in total. The van der Waals surface area contributed by atoms with Crippen LogP contribution >= 0.6 is 9.39 Å². The first-order valence-corrected chi connectivity index (χ1v) is 8.63. The second-order valence-corrected chi connectivity index (χ2v) is 7.94. The summed E-state index contributed by atoms with van der Waals surface area (Å²) >= 11 is 0. The van der Waals surface area contributed by atoms with Gasteiger partial charge in [0.15, 0.2) is 0 Å². The maximum absolute atomic E-state index is 13.8. The predicted octanol–water partition coefficient (Wildman–Crippen LogP) is 2.36. The van der Waals surface area contributed by atoms with Crippen LogP contribution in [-0.2, 0) is 6.54 Å².